The van der Waals surface area contributed by atoms with Gasteiger partial charge in [-0.15, -0.1) is 0 Å². The third kappa shape index (κ3) is 34.5. The maximum absolute atomic E-state index is 2.16. The Bertz CT molecular complexity index is 545. The van der Waals surface area contributed by atoms with Gasteiger partial charge in [-0.1, -0.05) is 187 Å². The molecule has 0 nitrogen and oxygen atoms in total. The van der Waals surface area contributed by atoms with Gasteiger partial charge in [0.15, 0.2) is 0 Å². The van der Waals surface area contributed by atoms with E-state index in [0.29, 0.717) is 0 Å². The van der Waals surface area contributed by atoms with E-state index in [4.69, 9.17) is 0 Å². The predicted molar refractivity (Wildman–Crippen MR) is 162 cm³/mol. The van der Waals surface area contributed by atoms with Crippen molar-refractivity contribution in [2.75, 3.05) is 0 Å². The largest absolute Gasteiger partial charge is 0.0776 e. The molecular formula is C33H60. The van der Waals surface area contributed by atoms with E-state index in [1.807, 2.05) is 101 Å². The van der Waals surface area contributed by atoms with E-state index in [1.165, 1.54) is 16.7 Å². The number of hydrogen-bond donors (Lipinski definition) is 0. The van der Waals surface area contributed by atoms with Crippen LogP contribution in [-0.4, -0.2) is 0 Å². The van der Waals surface area contributed by atoms with Crippen molar-refractivity contribution < 1.29 is 0 Å². The standard InChI is InChI=1S/C13H12.C7H8.6C2H6.CH4/c1-3-7-12(8-4-1)11-13-9-5-2-6-10-13;1-7-5-3-2-4-6-7;6*1-2;/h1-10H,11H2;2-6H,1H3;6*1-2H3;1H4. The molecule has 3 aromatic carbocycles. The van der Waals surface area contributed by atoms with E-state index >= 15 is 0 Å². The van der Waals surface area contributed by atoms with Gasteiger partial charge in [0.2, 0.25) is 0 Å². The summed E-state index contributed by atoms with van der Waals surface area (Å²) >= 11 is 0. The summed E-state index contributed by atoms with van der Waals surface area (Å²) in [6.45, 7) is 26.1. The van der Waals surface area contributed by atoms with Crippen LogP contribution in [0.4, 0.5) is 0 Å². The van der Waals surface area contributed by atoms with Gasteiger partial charge in [0.25, 0.3) is 0 Å². The van der Waals surface area contributed by atoms with E-state index in [9.17, 15) is 0 Å². The molecule has 0 fully saturated rings. The third-order valence-corrected chi connectivity index (χ3v) is 3.03. The molecule has 0 aliphatic carbocycles. The molecule has 0 aliphatic heterocycles. The Morgan fingerprint density at radius 2 is 0.576 bits per heavy atom. The van der Waals surface area contributed by atoms with Gasteiger partial charge in [-0.25, -0.2) is 0 Å². The van der Waals surface area contributed by atoms with Gasteiger partial charge >= 0.3 is 0 Å². The summed E-state index contributed by atoms with van der Waals surface area (Å²) < 4.78 is 0. The molecule has 0 heteroatoms. The summed E-state index contributed by atoms with van der Waals surface area (Å²) in [5, 5.41) is 0. The van der Waals surface area contributed by atoms with Crippen molar-refractivity contribution in [3.63, 3.8) is 0 Å². The van der Waals surface area contributed by atoms with E-state index in [2.05, 4.69) is 79.7 Å². The quantitative estimate of drug-likeness (QED) is 0.359. The van der Waals surface area contributed by atoms with Crippen LogP contribution in [0.15, 0.2) is 91.0 Å². The average molecular weight is 457 g/mol. The summed E-state index contributed by atoms with van der Waals surface area (Å²) in [7, 11) is 0. The van der Waals surface area contributed by atoms with E-state index in [0.717, 1.165) is 6.42 Å². The van der Waals surface area contributed by atoms with Crippen molar-refractivity contribution >= 4 is 0 Å². The lowest BCUT2D eigenvalue weighted by atomic mass is 10.1. The molecule has 0 spiro atoms. The lowest BCUT2D eigenvalue weighted by Crippen LogP contribution is -1.85. The lowest BCUT2D eigenvalue weighted by molar-refractivity contribution is 1.19. The fourth-order valence-electron chi connectivity index (χ4n) is 1.96. The Kier molecular flexibility index (Phi) is 63.8. The maximum Gasteiger partial charge on any atom is -0.00258 e. The van der Waals surface area contributed by atoms with Gasteiger partial charge in [-0.3, -0.25) is 0 Å². The van der Waals surface area contributed by atoms with Crippen LogP contribution in [-0.2, 0) is 6.42 Å². The summed E-state index contributed by atoms with van der Waals surface area (Å²) in [6.07, 6.45) is 1.03. The number of hydrogen-bond acceptors (Lipinski definition) is 0. The van der Waals surface area contributed by atoms with Crippen LogP contribution < -0.4 is 0 Å². The molecule has 0 aliphatic rings. The first-order chi connectivity index (χ1) is 15.8. The van der Waals surface area contributed by atoms with Crippen molar-refractivity contribution in [1.82, 2.24) is 0 Å². The first kappa shape index (κ1) is 44.4. The van der Waals surface area contributed by atoms with Gasteiger partial charge < -0.3 is 0 Å². The zero-order valence-electron chi connectivity index (χ0n) is 23.9. The van der Waals surface area contributed by atoms with Crippen LogP contribution in [0.1, 0.15) is 107 Å². The molecule has 33 heavy (non-hydrogen) atoms. The number of aryl methyl sites for hydroxylation is 1. The monoisotopic (exact) mass is 456 g/mol. The fraction of sp³-hybridized carbons (Fsp3) is 0.455. The minimum absolute atomic E-state index is 0. The highest BCUT2D eigenvalue weighted by Gasteiger charge is 1.92. The molecule has 0 bridgehead atoms. The predicted octanol–water partition coefficient (Wildman–Crippen LogP) is 12.1. The van der Waals surface area contributed by atoms with Crippen LogP contribution in [0, 0.1) is 6.92 Å². The average Bonchev–Trinajstić information content (AvgIpc) is 2.93. The molecular weight excluding hydrogens is 396 g/mol. The zero-order chi connectivity index (χ0) is 26.0. The molecule has 3 rings (SSSR count). The summed E-state index contributed by atoms with van der Waals surface area (Å²) in [5.41, 5.74) is 4.06. The normalized spacial score (nSPS) is 6.82. The molecule has 0 unspecified atom stereocenters. The molecule has 0 radical (unpaired) electrons. The molecule has 0 saturated heterocycles. The first-order valence-electron chi connectivity index (χ1n) is 12.9. The van der Waals surface area contributed by atoms with Crippen LogP contribution in [0.3, 0.4) is 0 Å². The molecule has 192 valence electrons. The Balaban J connectivity index is -0.0000000785. The highest BCUT2D eigenvalue weighted by Crippen LogP contribution is 2.07. The maximum atomic E-state index is 2.16. The topological polar surface area (TPSA) is 0 Å². The third-order valence-electron chi connectivity index (χ3n) is 3.03. The number of benzene rings is 3. The van der Waals surface area contributed by atoms with E-state index in [1.54, 1.807) is 0 Å². The second kappa shape index (κ2) is 47.4. The molecule has 3 aromatic rings. The molecule has 0 amide bonds. The smallest absolute Gasteiger partial charge is 0.00258 e. The molecule has 0 saturated carbocycles. The van der Waals surface area contributed by atoms with Gasteiger partial charge in [-0.05, 0) is 24.5 Å². The highest BCUT2D eigenvalue weighted by atomic mass is 14.0. The summed E-state index contributed by atoms with van der Waals surface area (Å²) in [4.78, 5) is 0. The van der Waals surface area contributed by atoms with Gasteiger partial charge in [0, 0.05) is 0 Å². The SMILES string of the molecule is C.CC.CC.CC.CC.CC.CC.Cc1ccccc1.c1ccc(Cc2ccccc2)cc1. The molecule has 0 atom stereocenters. The summed E-state index contributed by atoms with van der Waals surface area (Å²) in [6, 6.07) is 31.3. The Morgan fingerprint density at radius 3 is 0.758 bits per heavy atom. The highest BCUT2D eigenvalue weighted by molar-refractivity contribution is 5.25. The van der Waals surface area contributed by atoms with Crippen LogP contribution in [0.25, 0.3) is 0 Å². The van der Waals surface area contributed by atoms with Crippen LogP contribution in [0.5, 0.6) is 0 Å². The number of rotatable bonds is 2. The van der Waals surface area contributed by atoms with Crippen LogP contribution in [0.2, 0.25) is 0 Å². The first-order valence-corrected chi connectivity index (χ1v) is 12.9. The zero-order valence-corrected chi connectivity index (χ0v) is 23.9. The Labute approximate surface area is 211 Å². The second-order valence-electron chi connectivity index (χ2n) is 4.80. The van der Waals surface area contributed by atoms with Crippen molar-refractivity contribution in [2.45, 2.75) is 104 Å². The second-order valence-corrected chi connectivity index (χ2v) is 4.80. The van der Waals surface area contributed by atoms with Crippen LogP contribution >= 0.6 is 0 Å². The Hall–Kier alpha value is -2.34. The lowest BCUT2D eigenvalue weighted by Gasteiger charge is -2.00. The fourth-order valence-corrected chi connectivity index (χ4v) is 1.96. The van der Waals surface area contributed by atoms with E-state index < -0.39 is 0 Å². The van der Waals surface area contributed by atoms with Crippen molar-refractivity contribution in [3.05, 3.63) is 108 Å². The minimum atomic E-state index is 0. The molecule has 0 N–H and O–H groups in total. The molecule has 0 heterocycles. The minimum Gasteiger partial charge on any atom is -0.0776 e. The van der Waals surface area contributed by atoms with Gasteiger partial charge in [-0.2, -0.15) is 0 Å². The van der Waals surface area contributed by atoms with E-state index in [-0.39, 0.29) is 7.43 Å². The van der Waals surface area contributed by atoms with Crippen molar-refractivity contribution in [3.8, 4) is 0 Å². The van der Waals surface area contributed by atoms with Crippen molar-refractivity contribution in [2.24, 2.45) is 0 Å². The van der Waals surface area contributed by atoms with Gasteiger partial charge in [0.05, 0.1) is 0 Å². The van der Waals surface area contributed by atoms with Gasteiger partial charge in [0.1, 0.15) is 0 Å². The molecule has 0 aromatic heterocycles. The summed E-state index contributed by atoms with van der Waals surface area (Å²) in [5.74, 6) is 0. The van der Waals surface area contributed by atoms with Crippen molar-refractivity contribution in [1.29, 1.82) is 0 Å². The Morgan fingerprint density at radius 1 is 0.364 bits per heavy atom.